The van der Waals surface area contributed by atoms with Crippen LogP contribution in [0.4, 0.5) is 5.69 Å². The summed E-state index contributed by atoms with van der Waals surface area (Å²) in [5, 5.41) is 6.22. The van der Waals surface area contributed by atoms with Crippen LogP contribution in [0.1, 0.15) is 19.0 Å². The molecule has 86 valence electrons. The zero-order chi connectivity index (χ0) is 11.5. The summed E-state index contributed by atoms with van der Waals surface area (Å²) < 4.78 is 0. The fourth-order valence-electron chi connectivity index (χ4n) is 2.06. The van der Waals surface area contributed by atoms with Crippen molar-refractivity contribution in [1.29, 1.82) is 0 Å². The van der Waals surface area contributed by atoms with Gasteiger partial charge in [0, 0.05) is 12.2 Å². The molecule has 0 bridgehead atoms. The number of nitrogens with one attached hydrogen (secondary N) is 2. The highest BCUT2D eigenvalue weighted by Gasteiger charge is 2.29. The summed E-state index contributed by atoms with van der Waals surface area (Å²) in [6.45, 7) is 4.87. The third-order valence-corrected chi connectivity index (χ3v) is 3.13. The van der Waals surface area contributed by atoms with Crippen molar-refractivity contribution in [2.45, 2.75) is 26.3 Å². The van der Waals surface area contributed by atoms with Crippen molar-refractivity contribution in [2.75, 3.05) is 11.9 Å². The van der Waals surface area contributed by atoms with Crippen LogP contribution in [-0.2, 0) is 4.79 Å². The molecule has 0 aromatic carbocycles. The number of aryl methyl sites for hydroxylation is 1. The molecule has 2 rings (SSSR count). The Balaban J connectivity index is 2.05. The average Bonchev–Trinajstić information content (AvgIpc) is 2.68. The molecular formula is C12H17N3O. The quantitative estimate of drug-likeness (QED) is 0.789. The summed E-state index contributed by atoms with van der Waals surface area (Å²) in [7, 11) is 0. The third kappa shape index (κ3) is 2.22. The highest BCUT2D eigenvalue weighted by atomic mass is 16.1. The topological polar surface area (TPSA) is 54.0 Å². The van der Waals surface area contributed by atoms with Crippen LogP contribution in [0.15, 0.2) is 18.3 Å². The summed E-state index contributed by atoms with van der Waals surface area (Å²) in [4.78, 5) is 16.1. The van der Waals surface area contributed by atoms with Crippen LogP contribution in [0.5, 0.6) is 0 Å². The van der Waals surface area contributed by atoms with Gasteiger partial charge in [-0.3, -0.25) is 9.78 Å². The van der Waals surface area contributed by atoms with Gasteiger partial charge < -0.3 is 10.6 Å². The minimum atomic E-state index is 0.0691. The lowest BCUT2D eigenvalue weighted by molar-refractivity contribution is -0.120. The Morgan fingerprint density at radius 1 is 1.62 bits per heavy atom. The van der Waals surface area contributed by atoms with Gasteiger partial charge in [-0.25, -0.2) is 0 Å². The van der Waals surface area contributed by atoms with E-state index in [-0.39, 0.29) is 17.9 Å². The van der Waals surface area contributed by atoms with Crippen LogP contribution < -0.4 is 10.6 Å². The largest absolute Gasteiger partial charge is 0.324 e. The first-order chi connectivity index (χ1) is 7.68. The van der Waals surface area contributed by atoms with Crippen molar-refractivity contribution < 1.29 is 4.79 Å². The smallest absolute Gasteiger partial charge is 0.229 e. The van der Waals surface area contributed by atoms with Crippen LogP contribution in [0.2, 0.25) is 0 Å². The molecule has 0 spiro atoms. The monoisotopic (exact) mass is 219 g/mol. The maximum absolute atomic E-state index is 12.0. The fourth-order valence-corrected chi connectivity index (χ4v) is 2.06. The SMILES string of the molecule is Cc1ncccc1NC(=O)C1CCNC1C. The number of hydrogen-bond donors (Lipinski definition) is 2. The van der Waals surface area contributed by atoms with Gasteiger partial charge in [-0.2, -0.15) is 0 Å². The number of nitrogens with zero attached hydrogens (tertiary/aromatic N) is 1. The van der Waals surface area contributed by atoms with Crippen molar-refractivity contribution in [3.8, 4) is 0 Å². The highest BCUT2D eigenvalue weighted by Crippen LogP contribution is 2.18. The summed E-state index contributed by atoms with van der Waals surface area (Å²) in [5.74, 6) is 0.160. The van der Waals surface area contributed by atoms with Gasteiger partial charge in [0.05, 0.1) is 17.3 Å². The van der Waals surface area contributed by atoms with E-state index in [4.69, 9.17) is 0 Å². The molecule has 1 fully saturated rings. The summed E-state index contributed by atoms with van der Waals surface area (Å²) in [5.41, 5.74) is 1.67. The van der Waals surface area contributed by atoms with Gasteiger partial charge in [0.2, 0.25) is 5.91 Å². The number of carbonyl (C=O) groups is 1. The highest BCUT2D eigenvalue weighted by molar-refractivity contribution is 5.93. The Kier molecular flexibility index (Phi) is 3.19. The molecule has 2 N–H and O–H groups in total. The predicted molar refractivity (Wildman–Crippen MR) is 63.2 cm³/mol. The van der Waals surface area contributed by atoms with Crippen LogP contribution in [0.3, 0.4) is 0 Å². The number of anilines is 1. The standard InChI is InChI=1S/C12H17N3O/c1-8-10(5-7-14-8)12(16)15-11-4-3-6-13-9(11)2/h3-4,6,8,10,14H,5,7H2,1-2H3,(H,15,16). The minimum Gasteiger partial charge on any atom is -0.324 e. The van der Waals surface area contributed by atoms with Gasteiger partial charge in [0.1, 0.15) is 0 Å². The molecule has 1 aromatic rings. The molecule has 4 nitrogen and oxygen atoms in total. The molecule has 1 aromatic heterocycles. The molecule has 1 amide bonds. The summed E-state index contributed by atoms with van der Waals surface area (Å²) in [6, 6.07) is 3.98. The molecule has 2 atom stereocenters. The molecular weight excluding hydrogens is 202 g/mol. The zero-order valence-corrected chi connectivity index (χ0v) is 9.66. The maximum atomic E-state index is 12.0. The average molecular weight is 219 g/mol. The van der Waals surface area contributed by atoms with Crippen LogP contribution in [0.25, 0.3) is 0 Å². The minimum absolute atomic E-state index is 0.0691. The van der Waals surface area contributed by atoms with Crippen LogP contribution >= 0.6 is 0 Å². The predicted octanol–water partition coefficient (Wildman–Crippen LogP) is 1.33. The Morgan fingerprint density at radius 3 is 3.06 bits per heavy atom. The fraction of sp³-hybridized carbons (Fsp3) is 0.500. The van der Waals surface area contributed by atoms with Crippen molar-refractivity contribution >= 4 is 11.6 Å². The van der Waals surface area contributed by atoms with E-state index in [0.29, 0.717) is 0 Å². The second kappa shape index (κ2) is 4.61. The van der Waals surface area contributed by atoms with E-state index in [1.165, 1.54) is 0 Å². The lowest BCUT2D eigenvalue weighted by atomic mass is 10.0. The van der Waals surface area contributed by atoms with Gasteiger partial charge >= 0.3 is 0 Å². The number of rotatable bonds is 2. The normalized spacial score (nSPS) is 24.4. The molecule has 0 saturated carbocycles. The Morgan fingerprint density at radius 2 is 2.44 bits per heavy atom. The number of aromatic nitrogens is 1. The molecule has 0 radical (unpaired) electrons. The van der Waals surface area contributed by atoms with Crippen LogP contribution in [-0.4, -0.2) is 23.5 Å². The van der Waals surface area contributed by atoms with Crippen molar-refractivity contribution in [1.82, 2.24) is 10.3 Å². The second-order valence-corrected chi connectivity index (χ2v) is 4.26. The molecule has 1 saturated heterocycles. The number of pyridine rings is 1. The summed E-state index contributed by atoms with van der Waals surface area (Å²) >= 11 is 0. The molecule has 1 aliphatic heterocycles. The van der Waals surface area contributed by atoms with Gasteiger partial charge in [0.15, 0.2) is 0 Å². The second-order valence-electron chi connectivity index (χ2n) is 4.26. The van der Waals surface area contributed by atoms with Gasteiger partial charge in [0.25, 0.3) is 0 Å². The molecule has 4 heteroatoms. The van der Waals surface area contributed by atoms with Gasteiger partial charge in [-0.1, -0.05) is 0 Å². The lowest BCUT2D eigenvalue weighted by Crippen LogP contribution is -2.32. The number of amides is 1. The van der Waals surface area contributed by atoms with E-state index >= 15 is 0 Å². The van der Waals surface area contributed by atoms with E-state index in [0.717, 1.165) is 24.3 Å². The lowest BCUT2D eigenvalue weighted by Gasteiger charge is -2.15. The zero-order valence-electron chi connectivity index (χ0n) is 9.66. The maximum Gasteiger partial charge on any atom is 0.229 e. The van der Waals surface area contributed by atoms with E-state index in [2.05, 4.69) is 15.6 Å². The Hall–Kier alpha value is -1.42. The van der Waals surface area contributed by atoms with E-state index in [1.54, 1.807) is 6.20 Å². The third-order valence-electron chi connectivity index (χ3n) is 3.13. The van der Waals surface area contributed by atoms with E-state index in [1.807, 2.05) is 26.0 Å². The van der Waals surface area contributed by atoms with Gasteiger partial charge in [-0.05, 0) is 38.9 Å². The van der Waals surface area contributed by atoms with Crippen molar-refractivity contribution in [2.24, 2.45) is 5.92 Å². The van der Waals surface area contributed by atoms with E-state index in [9.17, 15) is 4.79 Å². The van der Waals surface area contributed by atoms with Crippen LogP contribution in [0, 0.1) is 12.8 Å². The Labute approximate surface area is 95.5 Å². The molecule has 2 heterocycles. The number of hydrogen-bond acceptors (Lipinski definition) is 3. The van der Waals surface area contributed by atoms with Gasteiger partial charge in [-0.15, -0.1) is 0 Å². The first kappa shape index (κ1) is 11.1. The summed E-state index contributed by atoms with van der Waals surface area (Å²) in [6.07, 6.45) is 2.64. The van der Waals surface area contributed by atoms with Crippen molar-refractivity contribution in [3.63, 3.8) is 0 Å². The molecule has 0 aliphatic carbocycles. The Bertz CT molecular complexity index is 392. The first-order valence-electron chi connectivity index (χ1n) is 5.64. The number of carbonyl (C=O) groups excluding carboxylic acids is 1. The molecule has 16 heavy (non-hydrogen) atoms. The first-order valence-corrected chi connectivity index (χ1v) is 5.64. The molecule has 2 unspecified atom stereocenters. The van der Waals surface area contributed by atoms with Crippen molar-refractivity contribution in [3.05, 3.63) is 24.0 Å². The van der Waals surface area contributed by atoms with E-state index < -0.39 is 0 Å². The molecule has 1 aliphatic rings.